The molecule has 1 aliphatic heterocycles. The highest BCUT2D eigenvalue weighted by Gasteiger charge is 2.25. The molecule has 0 saturated heterocycles. The fraction of sp³-hybridized carbons (Fsp3) is 0.0500. The van der Waals surface area contributed by atoms with Crippen molar-refractivity contribution in [2.45, 2.75) is 12.3 Å². The van der Waals surface area contributed by atoms with E-state index in [1.807, 2.05) is 60.7 Å². The lowest BCUT2D eigenvalue weighted by Gasteiger charge is -2.32. The molecule has 0 radical (unpaired) electrons. The number of imidazole rings is 1. The molecule has 0 amide bonds. The molecule has 1 aliphatic rings. The van der Waals surface area contributed by atoms with E-state index >= 15 is 0 Å². The summed E-state index contributed by atoms with van der Waals surface area (Å²) in [7, 11) is 0. The first-order valence-corrected chi connectivity index (χ1v) is 17.0. The van der Waals surface area contributed by atoms with Crippen molar-refractivity contribution >= 4 is 48.7 Å². The highest BCUT2D eigenvalue weighted by atomic mass is 79.9. The predicted molar refractivity (Wildman–Crippen MR) is 200 cm³/mol. The van der Waals surface area contributed by atoms with Crippen molar-refractivity contribution in [2.24, 2.45) is 4.99 Å². The average Bonchev–Trinajstić information content (AvgIpc) is 3.53. The summed E-state index contributed by atoms with van der Waals surface area (Å²) in [5.74, 6) is 1.86. The third-order valence-corrected chi connectivity index (χ3v) is 8.96. The lowest BCUT2D eigenvalue weighted by atomic mass is 10.1. The van der Waals surface area contributed by atoms with Gasteiger partial charge < -0.3 is 5.32 Å². The van der Waals surface area contributed by atoms with Crippen LogP contribution in [0.1, 0.15) is 29.0 Å². The van der Waals surface area contributed by atoms with Crippen LogP contribution in [0, 0.1) is 0 Å². The fourth-order valence-corrected chi connectivity index (χ4v) is 6.12. The van der Waals surface area contributed by atoms with Gasteiger partial charge in [-0.1, -0.05) is 147 Å². The summed E-state index contributed by atoms with van der Waals surface area (Å²) in [6.07, 6.45) is -0.0890. The molecule has 2 N–H and O–H groups in total. The molecule has 0 saturated carbocycles. The fourth-order valence-electron chi connectivity index (χ4n) is 5.59. The maximum absolute atomic E-state index is 4.91. The molecule has 230 valence electrons. The molecule has 47 heavy (non-hydrogen) atoms. The number of hydrogen-bond acceptors (Lipinski definition) is 4. The Morgan fingerprint density at radius 3 is 1.70 bits per heavy atom. The van der Waals surface area contributed by atoms with Gasteiger partial charge in [-0.25, -0.2) is 9.98 Å². The summed E-state index contributed by atoms with van der Waals surface area (Å²) in [6.45, 7) is 0. The highest BCUT2D eigenvalue weighted by molar-refractivity contribution is 9.10. The quantitative estimate of drug-likeness (QED) is 0.185. The minimum Gasteiger partial charge on any atom is -0.350 e. The van der Waals surface area contributed by atoms with Gasteiger partial charge in [-0.05, 0) is 59.7 Å². The molecule has 0 aliphatic carbocycles. The van der Waals surface area contributed by atoms with E-state index in [2.05, 4.69) is 150 Å². The number of nitrogens with zero attached hydrogens (tertiary/aromatic N) is 3. The van der Waals surface area contributed by atoms with Crippen LogP contribution in [0.5, 0.6) is 0 Å². The van der Waals surface area contributed by atoms with E-state index in [-0.39, 0.29) is 12.3 Å². The highest BCUT2D eigenvalue weighted by Crippen LogP contribution is 2.29. The maximum atomic E-state index is 4.91. The molecule has 1 aromatic heterocycles. The number of fused-ring (bicyclic) bond motifs is 1. The predicted octanol–water partition coefficient (Wildman–Crippen LogP) is 10.2. The summed E-state index contributed by atoms with van der Waals surface area (Å²) >= 11 is 6.98. The Bertz CT molecular complexity index is 2090. The second kappa shape index (κ2) is 14.3. The Morgan fingerprint density at radius 2 is 1.06 bits per heavy atom. The van der Waals surface area contributed by atoms with E-state index in [1.165, 1.54) is 5.56 Å². The molecule has 0 bridgehead atoms. The van der Waals surface area contributed by atoms with Gasteiger partial charge in [0.2, 0.25) is 0 Å². The molecule has 2 heterocycles. The van der Waals surface area contributed by atoms with Crippen LogP contribution in [0.25, 0.3) is 28.1 Å². The third-order valence-electron chi connectivity index (χ3n) is 7.91. The lowest BCUT2D eigenvalue weighted by Crippen LogP contribution is -2.44. The van der Waals surface area contributed by atoms with Crippen molar-refractivity contribution < 1.29 is 0 Å². The Hall–Kier alpha value is -4.82. The van der Waals surface area contributed by atoms with E-state index in [9.17, 15) is 0 Å². The molecule has 0 fully saturated rings. The van der Waals surface area contributed by atoms with Gasteiger partial charge >= 0.3 is 0 Å². The number of rotatable bonds is 5. The van der Waals surface area contributed by atoms with Gasteiger partial charge in [-0.15, -0.1) is 0 Å². The topological polar surface area (TPSA) is 54.2 Å². The molecule has 2 unspecified atom stereocenters. The summed E-state index contributed by atoms with van der Waals surface area (Å²) in [4.78, 5) is 9.74. The number of benzene rings is 6. The number of halogens is 2. The first-order valence-electron chi connectivity index (χ1n) is 15.4. The smallest absolute Gasteiger partial charge is 0.145 e. The SMILES string of the molecule is Brc1ccc(-c2nc3ccccc3n2-c2ccccc2)cc1.Brc1ccc(C2=NC(c3ccccc3)NC(c3ccccc3)N2)cc1. The van der Waals surface area contributed by atoms with Crippen molar-refractivity contribution in [3.8, 4) is 17.1 Å². The van der Waals surface area contributed by atoms with Gasteiger partial charge in [0.05, 0.1) is 11.0 Å². The van der Waals surface area contributed by atoms with E-state index in [4.69, 9.17) is 9.98 Å². The van der Waals surface area contributed by atoms with Crippen LogP contribution in [-0.2, 0) is 0 Å². The van der Waals surface area contributed by atoms with Crippen LogP contribution in [0.4, 0.5) is 0 Å². The number of para-hydroxylation sites is 3. The second-order valence-corrected chi connectivity index (χ2v) is 12.9. The first-order chi connectivity index (χ1) is 23.1. The minimum absolute atomic E-state index is 0.00236. The molecule has 2 atom stereocenters. The van der Waals surface area contributed by atoms with E-state index in [0.717, 1.165) is 54.0 Å². The Labute approximate surface area is 291 Å². The molecule has 7 aromatic rings. The van der Waals surface area contributed by atoms with Crippen molar-refractivity contribution in [1.82, 2.24) is 20.2 Å². The zero-order valence-corrected chi connectivity index (χ0v) is 28.5. The minimum atomic E-state index is -0.0914. The second-order valence-electron chi connectivity index (χ2n) is 11.1. The summed E-state index contributed by atoms with van der Waals surface area (Å²) in [6, 6.07) is 55.8. The monoisotopic (exact) mass is 739 g/mol. The maximum Gasteiger partial charge on any atom is 0.145 e. The lowest BCUT2D eigenvalue weighted by molar-refractivity contribution is 0.409. The normalized spacial score (nSPS) is 15.7. The molecule has 6 aromatic carbocycles. The standard InChI is InChI=1S/C21H18BrN3.C19H13BrN2/c22-18-13-11-17(12-14-18)21-24-19(15-7-3-1-4-8-15)23-20(25-21)16-9-5-2-6-10-16;20-15-12-10-14(11-13-15)19-21-17-8-4-5-9-18(17)22(19)16-6-2-1-3-7-16/h1-14,19-20,23H,(H,24,25);1-13H. The number of aromatic nitrogens is 2. The Morgan fingerprint density at radius 1 is 0.532 bits per heavy atom. The largest absolute Gasteiger partial charge is 0.350 e. The van der Waals surface area contributed by atoms with Crippen molar-refractivity contribution in [2.75, 3.05) is 0 Å². The van der Waals surface area contributed by atoms with Crippen LogP contribution in [0.15, 0.2) is 178 Å². The Kier molecular flexibility index (Phi) is 9.38. The average molecular weight is 742 g/mol. The number of nitrogens with one attached hydrogen (secondary N) is 2. The van der Waals surface area contributed by atoms with Crippen LogP contribution in [0.3, 0.4) is 0 Å². The van der Waals surface area contributed by atoms with Gasteiger partial charge in [0.15, 0.2) is 0 Å². The van der Waals surface area contributed by atoms with Crippen LogP contribution in [-0.4, -0.2) is 15.4 Å². The molecular weight excluding hydrogens is 710 g/mol. The van der Waals surface area contributed by atoms with Crippen molar-refractivity contribution in [1.29, 1.82) is 0 Å². The number of hydrogen-bond donors (Lipinski definition) is 2. The van der Waals surface area contributed by atoms with Gasteiger partial charge in [0, 0.05) is 25.8 Å². The molecule has 8 rings (SSSR count). The van der Waals surface area contributed by atoms with Gasteiger partial charge in [-0.2, -0.15) is 0 Å². The molecule has 0 spiro atoms. The van der Waals surface area contributed by atoms with Gasteiger partial charge in [-0.3, -0.25) is 9.88 Å². The van der Waals surface area contributed by atoms with Crippen LogP contribution >= 0.6 is 31.9 Å². The summed E-state index contributed by atoms with van der Waals surface area (Å²) in [5.41, 5.74) is 7.76. The Balaban J connectivity index is 0.000000151. The molecule has 5 nitrogen and oxygen atoms in total. The van der Waals surface area contributed by atoms with Crippen LogP contribution < -0.4 is 10.6 Å². The number of amidine groups is 1. The van der Waals surface area contributed by atoms with E-state index in [1.54, 1.807) is 0 Å². The zero-order chi connectivity index (χ0) is 32.0. The van der Waals surface area contributed by atoms with Gasteiger partial charge in [0.1, 0.15) is 24.0 Å². The third kappa shape index (κ3) is 7.13. The zero-order valence-electron chi connectivity index (χ0n) is 25.3. The summed E-state index contributed by atoms with van der Waals surface area (Å²) in [5, 5.41) is 7.12. The van der Waals surface area contributed by atoms with Crippen molar-refractivity contribution in [3.05, 3.63) is 189 Å². The van der Waals surface area contributed by atoms with Crippen molar-refractivity contribution in [3.63, 3.8) is 0 Å². The first kappa shape index (κ1) is 30.8. The van der Waals surface area contributed by atoms with E-state index < -0.39 is 0 Å². The summed E-state index contributed by atoms with van der Waals surface area (Å²) < 4.78 is 4.34. The number of aliphatic imine (C=N–C) groups is 1. The molecule has 7 heteroatoms. The van der Waals surface area contributed by atoms with Crippen LogP contribution in [0.2, 0.25) is 0 Å². The molecular formula is C40H31Br2N5. The van der Waals surface area contributed by atoms with Gasteiger partial charge in [0.25, 0.3) is 0 Å². The van der Waals surface area contributed by atoms with E-state index in [0.29, 0.717) is 0 Å².